The highest BCUT2D eigenvalue weighted by Crippen LogP contribution is 2.23. The molecular formula is C41H54I2O6S2. The highest BCUT2D eigenvalue weighted by molar-refractivity contribution is 8.02. The third kappa shape index (κ3) is 17.7. The molecule has 4 aromatic rings. The molecule has 0 aliphatic heterocycles. The van der Waals surface area contributed by atoms with Gasteiger partial charge in [-0.15, -0.1) is 0 Å². The fourth-order valence-corrected chi connectivity index (χ4v) is 10.2. The predicted octanol–water partition coefficient (Wildman–Crippen LogP) is 2.85. The van der Waals surface area contributed by atoms with Gasteiger partial charge in [0.25, 0.3) is 0 Å². The Labute approximate surface area is 329 Å². The molecule has 0 N–H and O–H groups in total. The average Bonchev–Trinajstić information content (AvgIpc) is 2.95. The van der Waals surface area contributed by atoms with Gasteiger partial charge in [0.15, 0.2) is 14.3 Å². The molecule has 0 heterocycles. The summed E-state index contributed by atoms with van der Waals surface area (Å²) in [6, 6.07) is 36.8. The summed E-state index contributed by atoms with van der Waals surface area (Å²) < 4.78 is 63.0. The second-order valence-electron chi connectivity index (χ2n) is 16.4. The minimum atomic E-state index is -4.93. The quantitative estimate of drug-likeness (QED) is 0.217. The first-order chi connectivity index (χ1) is 23.0. The molecule has 6 nitrogen and oxygen atoms in total. The number of rotatable bonds is 6. The van der Waals surface area contributed by atoms with Gasteiger partial charge in [0.1, 0.15) is 25.3 Å². The first-order valence-corrected chi connectivity index (χ1v) is 24.1. The van der Waals surface area contributed by atoms with Crippen LogP contribution in [0.1, 0.15) is 105 Å². The van der Waals surface area contributed by atoms with Crippen molar-refractivity contribution in [3.63, 3.8) is 0 Å². The Morgan fingerprint density at radius 3 is 0.627 bits per heavy atom. The van der Waals surface area contributed by atoms with Crippen LogP contribution in [0, 0.1) is 14.3 Å². The maximum absolute atomic E-state index is 9.51. The van der Waals surface area contributed by atoms with Crippen LogP contribution in [0.25, 0.3) is 0 Å². The van der Waals surface area contributed by atoms with Crippen molar-refractivity contribution in [2.45, 2.75) is 105 Å². The summed E-state index contributed by atoms with van der Waals surface area (Å²) in [5.74, 6) is 0. The monoisotopic (exact) mass is 960 g/mol. The van der Waals surface area contributed by atoms with Crippen LogP contribution in [-0.2, 0) is 41.9 Å². The second kappa shape index (κ2) is 18.0. The van der Waals surface area contributed by atoms with Crippen LogP contribution in [0.2, 0.25) is 0 Å². The Kier molecular flexibility index (Phi) is 16.0. The standard InChI is InChI=1S/2C20H26I.CH4O6S2/c2*1-19(2,3)15-7-11-17(12-8-15)21-18-13-9-16(10-14-18)20(4,5)6;2-8(3,4)1-9(5,6)7/h2*7-14H,1-6H3;1H2,(H,2,3,4)(H,5,6,7)/q2*+1;/p-2. The Morgan fingerprint density at radius 1 is 0.373 bits per heavy atom. The van der Waals surface area contributed by atoms with Crippen molar-refractivity contribution >= 4 is 20.2 Å². The summed E-state index contributed by atoms with van der Waals surface area (Å²) in [7, 11) is -9.86. The van der Waals surface area contributed by atoms with Crippen molar-refractivity contribution < 1.29 is 68.4 Å². The third-order valence-electron chi connectivity index (χ3n) is 7.57. The molecule has 4 rings (SSSR count). The predicted molar refractivity (Wildman–Crippen MR) is 200 cm³/mol. The van der Waals surface area contributed by atoms with Gasteiger partial charge >= 0.3 is 42.4 Å². The van der Waals surface area contributed by atoms with E-state index in [1.54, 1.807) is 0 Å². The zero-order valence-corrected chi connectivity index (χ0v) is 37.9. The van der Waals surface area contributed by atoms with Crippen molar-refractivity contribution in [1.82, 2.24) is 0 Å². The smallest absolute Gasteiger partial charge is 0.357 e. The van der Waals surface area contributed by atoms with E-state index in [0.717, 1.165) is 0 Å². The van der Waals surface area contributed by atoms with Gasteiger partial charge in [0, 0.05) is 0 Å². The third-order valence-corrected chi connectivity index (χ3v) is 15.2. The Balaban J connectivity index is 0.000000287. The lowest BCUT2D eigenvalue weighted by atomic mass is 9.87. The normalized spacial score (nSPS) is 12.7. The van der Waals surface area contributed by atoms with E-state index in [0.29, 0.717) is 0 Å². The minimum absolute atomic E-state index is 0.0703. The first-order valence-electron chi connectivity index (χ1n) is 16.6. The van der Waals surface area contributed by atoms with E-state index in [1.807, 2.05) is 0 Å². The number of hydrogen-bond acceptors (Lipinski definition) is 6. The lowest BCUT2D eigenvalue weighted by Crippen LogP contribution is -3.61. The molecule has 51 heavy (non-hydrogen) atoms. The maximum atomic E-state index is 9.51. The van der Waals surface area contributed by atoms with E-state index in [2.05, 4.69) is 180 Å². The Hall–Kier alpha value is -1.84. The highest BCUT2D eigenvalue weighted by Gasteiger charge is 2.22. The van der Waals surface area contributed by atoms with Crippen LogP contribution in [0.4, 0.5) is 0 Å². The topological polar surface area (TPSA) is 114 Å². The molecule has 0 aromatic heterocycles. The molecule has 0 saturated carbocycles. The van der Waals surface area contributed by atoms with Gasteiger partial charge in [-0.2, -0.15) is 0 Å². The SMILES string of the molecule is CC(C)(C)c1ccc([I+]c2ccc(C(C)(C)C)cc2)cc1.CC(C)(C)c1ccc([I+]c2ccc(C(C)(C)C)cc2)cc1.O=S(=O)([O-])CS(=O)(=O)[O-]. The van der Waals surface area contributed by atoms with Gasteiger partial charge in [-0.25, -0.2) is 16.8 Å². The van der Waals surface area contributed by atoms with Gasteiger partial charge in [-0.05, 0) is 92.4 Å². The van der Waals surface area contributed by atoms with Gasteiger partial charge in [0.2, 0.25) is 0 Å². The van der Waals surface area contributed by atoms with E-state index in [9.17, 15) is 25.9 Å². The fraction of sp³-hybridized carbons (Fsp3) is 0.415. The van der Waals surface area contributed by atoms with Crippen molar-refractivity contribution in [2.24, 2.45) is 0 Å². The molecule has 0 aliphatic rings. The highest BCUT2D eigenvalue weighted by atomic mass is 127. The first kappa shape index (κ1) is 45.3. The summed E-state index contributed by atoms with van der Waals surface area (Å²) in [5.41, 5.74) is 6.63. The van der Waals surface area contributed by atoms with Crippen LogP contribution in [0.15, 0.2) is 97.1 Å². The Morgan fingerprint density at radius 2 is 0.529 bits per heavy atom. The van der Waals surface area contributed by atoms with Crippen molar-refractivity contribution in [2.75, 3.05) is 5.08 Å². The van der Waals surface area contributed by atoms with Crippen molar-refractivity contribution in [1.29, 1.82) is 0 Å². The van der Waals surface area contributed by atoms with Crippen molar-refractivity contribution in [3.05, 3.63) is 134 Å². The van der Waals surface area contributed by atoms with E-state index < -0.39 is 25.3 Å². The van der Waals surface area contributed by atoms with Crippen molar-refractivity contribution in [3.8, 4) is 0 Å². The van der Waals surface area contributed by atoms with E-state index >= 15 is 0 Å². The molecule has 0 bridgehead atoms. The lowest BCUT2D eigenvalue weighted by molar-refractivity contribution is -0.597. The molecule has 0 aliphatic carbocycles. The van der Waals surface area contributed by atoms with Crippen LogP contribution in [0.3, 0.4) is 0 Å². The zero-order chi connectivity index (χ0) is 39.1. The summed E-state index contributed by atoms with van der Waals surface area (Å²) in [6.45, 7) is 27.2. The molecule has 4 aromatic carbocycles. The molecule has 0 spiro atoms. The average molecular weight is 961 g/mol. The summed E-state index contributed by atoms with van der Waals surface area (Å²) in [4.78, 5) is 0. The summed E-state index contributed by atoms with van der Waals surface area (Å²) in [6.07, 6.45) is 0. The van der Waals surface area contributed by atoms with Gasteiger partial charge in [0.05, 0.1) is 0 Å². The van der Waals surface area contributed by atoms with Crippen LogP contribution >= 0.6 is 0 Å². The van der Waals surface area contributed by atoms with Crippen LogP contribution in [-0.4, -0.2) is 31.0 Å². The molecule has 0 unspecified atom stereocenters. The Bertz CT molecular complexity index is 1640. The van der Waals surface area contributed by atoms with E-state index in [-0.39, 0.29) is 64.1 Å². The summed E-state index contributed by atoms with van der Waals surface area (Å²) >= 11 is -0.141. The number of benzene rings is 4. The molecule has 0 saturated heterocycles. The molecule has 10 heteroatoms. The zero-order valence-electron chi connectivity index (χ0n) is 32.0. The van der Waals surface area contributed by atoms with E-state index in [4.69, 9.17) is 0 Å². The molecule has 0 radical (unpaired) electrons. The fourth-order valence-electron chi connectivity index (χ4n) is 4.48. The summed E-state index contributed by atoms with van der Waals surface area (Å²) in [5, 5.41) is -1.88. The van der Waals surface area contributed by atoms with Crippen LogP contribution < -0.4 is 42.4 Å². The maximum Gasteiger partial charge on any atom is 0.357 e. The van der Waals surface area contributed by atoms with Gasteiger partial charge in [-0.3, -0.25) is 0 Å². The lowest BCUT2D eigenvalue weighted by Gasteiger charge is -2.18. The molecule has 0 atom stereocenters. The van der Waals surface area contributed by atoms with Gasteiger partial charge in [-0.1, -0.05) is 132 Å². The molecule has 280 valence electrons. The molecular weight excluding hydrogens is 906 g/mol. The van der Waals surface area contributed by atoms with Gasteiger partial charge < -0.3 is 9.11 Å². The molecule has 0 amide bonds. The molecule has 0 fully saturated rings. The number of hydrogen-bond donors (Lipinski definition) is 0. The largest absolute Gasteiger partial charge is 0.747 e. The minimum Gasteiger partial charge on any atom is -0.747 e. The second-order valence-corrected chi connectivity index (χ2v) is 25.7. The van der Waals surface area contributed by atoms with E-state index in [1.165, 1.54) is 36.5 Å². The number of halogens is 2. The van der Waals surface area contributed by atoms with Crippen LogP contribution in [0.5, 0.6) is 0 Å².